The Balaban J connectivity index is 1.97. The van der Waals surface area contributed by atoms with Crippen molar-refractivity contribution in [1.29, 1.82) is 0 Å². The molecule has 3 rings (SSSR count). The maximum atomic E-state index is 6.30. The predicted molar refractivity (Wildman–Crippen MR) is 84.7 cm³/mol. The molecule has 2 aromatic heterocycles. The summed E-state index contributed by atoms with van der Waals surface area (Å²) in [6, 6.07) is 4.87. The van der Waals surface area contributed by atoms with E-state index in [4.69, 9.17) is 11.6 Å². The molecule has 0 aromatic carbocycles. The first-order chi connectivity index (χ1) is 9.66. The molecule has 0 aliphatic heterocycles. The maximum Gasteiger partial charge on any atom is 0.138 e. The molecule has 5 heteroatoms. The Morgan fingerprint density at radius 3 is 2.80 bits per heavy atom. The number of nitrogens with zero attached hydrogens (tertiary/aromatic N) is 3. The van der Waals surface area contributed by atoms with Crippen molar-refractivity contribution in [1.82, 2.24) is 9.97 Å². The first-order valence-corrected chi connectivity index (χ1v) is 8.22. The van der Waals surface area contributed by atoms with Crippen LogP contribution in [0.1, 0.15) is 43.0 Å². The van der Waals surface area contributed by atoms with Gasteiger partial charge >= 0.3 is 0 Å². The summed E-state index contributed by atoms with van der Waals surface area (Å²) in [6.45, 7) is 5.20. The summed E-state index contributed by atoms with van der Waals surface area (Å²) in [5.41, 5.74) is 1.07. The molecule has 20 heavy (non-hydrogen) atoms. The zero-order chi connectivity index (χ0) is 14.1. The SMILES string of the molecule is CC(C)c1c(Cl)ncnc1N(Cc1cccs1)C1CC1. The van der Waals surface area contributed by atoms with Gasteiger partial charge in [-0.2, -0.15) is 0 Å². The van der Waals surface area contributed by atoms with Crippen molar-refractivity contribution in [2.75, 3.05) is 4.90 Å². The standard InChI is InChI=1S/C15H18ClN3S/c1-10(2)13-14(16)17-9-18-15(13)19(11-5-6-11)8-12-4-3-7-20-12/h3-4,7,9-11H,5-6,8H2,1-2H3. The number of anilines is 1. The van der Waals surface area contributed by atoms with Crippen molar-refractivity contribution in [3.63, 3.8) is 0 Å². The summed E-state index contributed by atoms with van der Waals surface area (Å²) in [7, 11) is 0. The van der Waals surface area contributed by atoms with Gasteiger partial charge in [-0.1, -0.05) is 31.5 Å². The average Bonchev–Trinajstić information content (AvgIpc) is 3.12. The highest BCUT2D eigenvalue weighted by Crippen LogP contribution is 2.38. The van der Waals surface area contributed by atoms with E-state index in [0.717, 1.165) is 17.9 Å². The highest BCUT2D eigenvalue weighted by molar-refractivity contribution is 7.09. The summed E-state index contributed by atoms with van der Waals surface area (Å²) in [6.07, 6.45) is 4.06. The lowest BCUT2D eigenvalue weighted by atomic mass is 10.1. The number of hydrogen-bond acceptors (Lipinski definition) is 4. The molecule has 3 nitrogen and oxygen atoms in total. The molecule has 0 atom stereocenters. The first-order valence-electron chi connectivity index (χ1n) is 6.96. The van der Waals surface area contributed by atoms with Crippen molar-refractivity contribution >= 4 is 28.8 Å². The molecule has 1 aliphatic carbocycles. The Hall–Kier alpha value is -1.13. The summed E-state index contributed by atoms with van der Waals surface area (Å²) in [5, 5.41) is 2.71. The van der Waals surface area contributed by atoms with E-state index >= 15 is 0 Å². The van der Waals surface area contributed by atoms with Gasteiger partial charge in [-0.05, 0) is 30.2 Å². The van der Waals surface area contributed by atoms with Crippen LogP contribution in [0.15, 0.2) is 23.8 Å². The number of thiophene rings is 1. The molecule has 0 N–H and O–H groups in total. The van der Waals surface area contributed by atoms with E-state index in [2.05, 4.69) is 46.2 Å². The Bertz CT molecular complexity index is 579. The number of aromatic nitrogens is 2. The molecule has 0 unspecified atom stereocenters. The number of hydrogen-bond donors (Lipinski definition) is 0. The highest BCUT2D eigenvalue weighted by atomic mass is 35.5. The summed E-state index contributed by atoms with van der Waals surface area (Å²) in [5.74, 6) is 1.33. The highest BCUT2D eigenvalue weighted by Gasteiger charge is 2.32. The van der Waals surface area contributed by atoms with E-state index in [9.17, 15) is 0 Å². The number of rotatable bonds is 5. The van der Waals surface area contributed by atoms with Gasteiger partial charge in [0.25, 0.3) is 0 Å². The topological polar surface area (TPSA) is 29.0 Å². The third-order valence-corrected chi connectivity index (χ3v) is 4.72. The van der Waals surface area contributed by atoms with Crippen molar-refractivity contribution < 1.29 is 0 Å². The van der Waals surface area contributed by atoms with Crippen LogP contribution in [-0.2, 0) is 6.54 Å². The van der Waals surface area contributed by atoms with E-state index < -0.39 is 0 Å². The van der Waals surface area contributed by atoms with Crippen LogP contribution in [-0.4, -0.2) is 16.0 Å². The zero-order valence-electron chi connectivity index (χ0n) is 11.7. The summed E-state index contributed by atoms with van der Waals surface area (Å²) < 4.78 is 0. The predicted octanol–water partition coefficient (Wildman–Crippen LogP) is 4.48. The number of halogens is 1. The van der Waals surface area contributed by atoms with Crippen LogP contribution in [0.5, 0.6) is 0 Å². The fraction of sp³-hybridized carbons (Fsp3) is 0.467. The normalized spacial score (nSPS) is 14.8. The second-order valence-electron chi connectivity index (χ2n) is 5.49. The maximum absolute atomic E-state index is 6.30. The monoisotopic (exact) mass is 307 g/mol. The Kier molecular flexibility index (Phi) is 3.94. The van der Waals surface area contributed by atoms with Gasteiger partial charge in [0.1, 0.15) is 17.3 Å². The van der Waals surface area contributed by atoms with Gasteiger partial charge in [0.05, 0.1) is 6.54 Å². The van der Waals surface area contributed by atoms with Crippen molar-refractivity contribution in [3.8, 4) is 0 Å². The largest absolute Gasteiger partial charge is 0.348 e. The summed E-state index contributed by atoms with van der Waals surface area (Å²) >= 11 is 8.09. The quantitative estimate of drug-likeness (QED) is 0.762. The molecule has 1 fully saturated rings. The second kappa shape index (κ2) is 5.70. The van der Waals surface area contributed by atoms with Gasteiger partial charge in [0.2, 0.25) is 0 Å². The average molecular weight is 308 g/mol. The molecule has 0 amide bonds. The fourth-order valence-corrected chi connectivity index (χ4v) is 3.47. The van der Waals surface area contributed by atoms with Crippen molar-refractivity contribution in [3.05, 3.63) is 39.4 Å². The molecule has 2 aromatic rings. The third kappa shape index (κ3) is 2.81. The molecular formula is C15H18ClN3S. The van der Waals surface area contributed by atoms with Crippen LogP contribution in [0.25, 0.3) is 0 Å². The van der Waals surface area contributed by atoms with Gasteiger partial charge in [0.15, 0.2) is 0 Å². The molecule has 0 bridgehead atoms. The van der Waals surface area contributed by atoms with E-state index in [-0.39, 0.29) is 0 Å². The molecule has 106 valence electrons. The summed E-state index contributed by atoms with van der Waals surface area (Å²) in [4.78, 5) is 12.4. The minimum Gasteiger partial charge on any atom is -0.348 e. The van der Waals surface area contributed by atoms with Gasteiger partial charge in [-0.25, -0.2) is 9.97 Å². The Labute approximate surface area is 128 Å². The van der Waals surface area contributed by atoms with Crippen LogP contribution in [0.2, 0.25) is 5.15 Å². The van der Waals surface area contributed by atoms with Gasteiger partial charge in [-0.3, -0.25) is 0 Å². The van der Waals surface area contributed by atoms with Crippen LogP contribution in [0.3, 0.4) is 0 Å². The molecule has 1 aliphatic rings. The zero-order valence-corrected chi connectivity index (χ0v) is 13.3. The van der Waals surface area contributed by atoms with Crippen molar-refractivity contribution in [2.24, 2.45) is 0 Å². The lowest BCUT2D eigenvalue weighted by Gasteiger charge is -2.26. The van der Waals surface area contributed by atoms with E-state index in [1.54, 1.807) is 17.7 Å². The van der Waals surface area contributed by atoms with E-state index in [1.807, 2.05) is 0 Å². The van der Waals surface area contributed by atoms with E-state index in [0.29, 0.717) is 17.1 Å². The van der Waals surface area contributed by atoms with Crippen LogP contribution in [0, 0.1) is 0 Å². The van der Waals surface area contributed by atoms with Crippen LogP contribution < -0.4 is 4.90 Å². The van der Waals surface area contributed by atoms with Crippen molar-refractivity contribution in [2.45, 2.75) is 45.2 Å². The van der Waals surface area contributed by atoms with Gasteiger partial charge < -0.3 is 4.90 Å². The Morgan fingerprint density at radius 2 is 2.20 bits per heavy atom. The fourth-order valence-electron chi connectivity index (χ4n) is 2.42. The molecule has 0 radical (unpaired) electrons. The third-order valence-electron chi connectivity index (χ3n) is 3.56. The molecule has 2 heterocycles. The Morgan fingerprint density at radius 1 is 1.40 bits per heavy atom. The minimum atomic E-state index is 0.322. The molecular weight excluding hydrogens is 290 g/mol. The smallest absolute Gasteiger partial charge is 0.138 e. The lowest BCUT2D eigenvalue weighted by Crippen LogP contribution is -2.27. The molecule has 0 saturated heterocycles. The second-order valence-corrected chi connectivity index (χ2v) is 6.89. The van der Waals surface area contributed by atoms with Gasteiger partial charge in [0, 0.05) is 16.5 Å². The first kappa shape index (κ1) is 13.8. The van der Waals surface area contributed by atoms with E-state index in [1.165, 1.54) is 17.7 Å². The molecule has 1 saturated carbocycles. The van der Waals surface area contributed by atoms with Crippen LogP contribution >= 0.6 is 22.9 Å². The lowest BCUT2D eigenvalue weighted by molar-refractivity contribution is 0.752. The molecule has 0 spiro atoms. The van der Waals surface area contributed by atoms with Crippen LogP contribution in [0.4, 0.5) is 5.82 Å². The minimum absolute atomic E-state index is 0.322. The van der Waals surface area contributed by atoms with Gasteiger partial charge in [-0.15, -0.1) is 11.3 Å².